The second-order valence-electron chi connectivity index (χ2n) is 16.4. The SMILES string of the molecule is c1ccc(-n2c3ccccc3c3cc(-c4ccc5c(c4)sc4cccc(-c6nc(-c7ccc8c(c7)sc7ccccc78)nc(-n7c8ccccc8c8ccccc87)n6)c45)ccc32)cc1. The predicted molar refractivity (Wildman–Crippen MR) is 271 cm³/mol. The maximum absolute atomic E-state index is 5.39. The predicted octanol–water partition coefficient (Wildman–Crippen LogP) is 15.8. The number of rotatable bonds is 5. The number of hydrogen-bond acceptors (Lipinski definition) is 5. The van der Waals surface area contributed by atoms with E-state index >= 15 is 0 Å². The van der Waals surface area contributed by atoms with E-state index in [4.69, 9.17) is 15.0 Å². The van der Waals surface area contributed by atoms with Crippen molar-refractivity contribution >= 4 is 107 Å². The number of para-hydroxylation sites is 4. The fourth-order valence-corrected chi connectivity index (χ4v) is 12.2. The summed E-state index contributed by atoms with van der Waals surface area (Å²) >= 11 is 3.62. The summed E-state index contributed by atoms with van der Waals surface area (Å²) in [6, 6.07) is 72.0. The molecule has 0 spiro atoms. The van der Waals surface area contributed by atoms with Crippen molar-refractivity contribution in [2.45, 2.75) is 0 Å². The van der Waals surface area contributed by atoms with Gasteiger partial charge in [0.1, 0.15) is 0 Å². The van der Waals surface area contributed by atoms with Crippen molar-refractivity contribution in [2.24, 2.45) is 0 Å². The van der Waals surface area contributed by atoms with Gasteiger partial charge in [-0.05, 0) is 77.9 Å². The van der Waals surface area contributed by atoms with Gasteiger partial charge < -0.3 is 4.57 Å². The van der Waals surface area contributed by atoms with Crippen LogP contribution in [0.2, 0.25) is 0 Å². The fraction of sp³-hybridized carbons (Fsp3) is 0. The highest BCUT2D eigenvalue weighted by Crippen LogP contribution is 2.43. The van der Waals surface area contributed by atoms with E-state index in [1.807, 2.05) is 11.3 Å². The monoisotopic (exact) mass is 851 g/mol. The van der Waals surface area contributed by atoms with Crippen molar-refractivity contribution in [1.29, 1.82) is 0 Å². The Kier molecular flexibility index (Phi) is 7.66. The van der Waals surface area contributed by atoms with Crippen LogP contribution in [0.25, 0.3) is 129 Å². The van der Waals surface area contributed by atoms with Crippen LogP contribution in [-0.2, 0) is 0 Å². The third kappa shape index (κ3) is 5.32. The number of benzene rings is 9. The van der Waals surface area contributed by atoms with E-state index in [9.17, 15) is 0 Å². The quantitative estimate of drug-likeness (QED) is 0.173. The van der Waals surface area contributed by atoms with Gasteiger partial charge in [0.2, 0.25) is 5.95 Å². The molecule has 0 aliphatic heterocycles. The zero-order valence-corrected chi connectivity index (χ0v) is 35.7. The Labute approximate surface area is 374 Å². The highest BCUT2D eigenvalue weighted by Gasteiger charge is 2.21. The van der Waals surface area contributed by atoms with Crippen LogP contribution in [-0.4, -0.2) is 24.1 Å². The Hall–Kier alpha value is -7.97. The average Bonchev–Trinajstić information content (AvgIpc) is 4.11. The summed E-state index contributed by atoms with van der Waals surface area (Å²) in [6.45, 7) is 0. The molecular weight excluding hydrogens is 819 g/mol. The molecule has 0 unspecified atom stereocenters. The Morgan fingerprint density at radius 2 is 0.844 bits per heavy atom. The molecule has 0 N–H and O–H groups in total. The molecule has 7 heteroatoms. The van der Waals surface area contributed by atoms with Crippen molar-refractivity contribution in [3.8, 4) is 45.5 Å². The molecule has 14 rings (SSSR count). The first-order valence-corrected chi connectivity index (χ1v) is 23.1. The Bertz CT molecular complexity index is 4160. The van der Waals surface area contributed by atoms with Crippen LogP contribution in [0.4, 0.5) is 0 Å². The van der Waals surface area contributed by atoms with Crippen molar-refractivity contribution < 1.29 is 0 Å². The maximum atomic E-state index is 5.39. The van der Waals surface area contributed by atoms with E-state index < -0.39 is 0 Å². The van der Waals surface area contributed by atoms with Gasteiger partial charge in [0.05, 0.1) is 22.1 Å². The van der Waals surface area contributed by atoms with Crippen molar-refractivity contribution in [3.05, 3.63) is 200 Å². The molecule has 9 aromatic carbocycles. The van der Waals surface area contributed by atoms with Gasteiger partial charge in [0, 0.05) is 78.7 Å². The van der Waals surface area contributed by atoms with Gasteiger partial charge >= 0.3 is 0 Å². The standard InChI is InChI=1S/C57H33N5S2/c1-2-13-37(14-3-1)61-46-20-8-6-17-40(46)45-31-34(27-30-49(45)61)35-25-29-43-53(32-35)64-51-24-12-19-44(54(43)51)56-58-55(36-26-28-42-41-18-7-11-23-50(41)63-52(42)33-36)59-57(60-56)62-47-21-9-4-15-38(47)39-16-5-10-22-48(39)62/h1-33H. The second-order valence-corrected chi connectivity index (χ2v) is 18.5. The summed E-state index contributed by atoms with van der Waals surface area (Å²) in [5, 5.41) is 9.67. The van der Waals surface area contributed by atoms with Crippen LogP contribution in [0, 0.1) is 0 Å². The van der Waals surface area contributed by atoms with Gasteiger partial charge in [-0.15, -0.1) is 22.7 Å². The van der Waals surface area contributed by atoms with Crippen molar-refractivity contribution in [2.75, 3.05) is 0 Å². The van der Waals surface area contributed by atoms with Crippen LogP contribution in [0.3, 0.4) is 0 Å². The third-order valence-corrected chi connectivity index (χ3v) is 15.1. The first-order valence-electron chi connectivity index (χ1n) is 21.4. The van der Waals surface area contributed by atoms with Crippen molar-refractivity contribution in [1.82, 2.24) is 24.1 Å². The molecule has 64 heavy (non-hydrogen) atoms. The topological polar surface area (TPSA) is 48.5 Å². The average molecular weight is 852 g/mol. The number of fused-ring (bicyclic) bond motifs is 12. The summed E-state index contributed by atoms with van der Waals surface area (Å²) in [6.07, 6.45) is 0. The van der Waals surface area contributed by atoms with Gasteiger partial charge in [-0.3, -0.25) is 4.57 Å². The molecule has 5 nitrogen and oxygen atoms in total. The molecule has 0 aliphatic rings. The summed E-state index contributed by atoms with van der Waals surface area (Å²) < 4.78 is 9.46. The summed E-state index contributed by atoms with van der Waals surface area (Å²) in [4.78, 5) is 16.1. The minimum atomic E-state index is 0.594. The first kappa shape index (κ1) is 35.6. The van der Waals surface area contributed by atoms with E-state index in [1.165, 1.54) is 67.9 Å². The van der Waals surface area contributed by atoms with E-state index in [0.29, 0.717) is 17.6 Å². The maximum Gasteiger partial charge on any atom is 0.238 e. The van der Waals surface area contributed by atoms with E-state index in [1.54, 1.807) is 11.3 Å². The molecule has 0 amide bonds. The van der Waals surface area contributed by atoms with Gasteiger partial charge in [-0.25, -0.2) is 4.98 Å². The van der Waals surface area contributed by atoms with Crippen LogP contribution in [0.5, 0.6) is 0 Å². The largest absolute Gasteiger partial charge is 0.309 e. The molecule has 14 aromatic rings. The first-order chi connectivity index (χ1) is 31.7. The smallest absolute Gasteiger partial charge is 0.238 e. The van der Waals surface area contributed by atoms with Crippen LogP contribution >= 0.6 is 22.7 Å². The highest BCUT2D eigenvalue weighted by molar-refractivity contribution is 7.26. The molecule has 0 radical (unpaired) electrons. The number of nitrogens with zero attached hydrogens (tertiary/aromatic N) is 5. The zero-order chi connectivity index (χ0) is 41.9. The van der Waals surface area contributed by atoms with Crippen LogP contribution in [0.15, 0.2) is 200 Å². The molecule has 0 saturated carbocycles. The molecule has 298 valence electrons. The Morgan fingerprint density at radius 3 is 1.64 bits per heavy atom. The fourth-order valence-electron chi connectivity index (χ4n) is 9.92. The van der Waals surface area contributed by atoms with Crippen LogP contribution < -0.4 is 0 Å². The second kappa shape index (κ2) is 13.8. The summed E-state index contributed by atoms with van der Waals surface area (Å²) in [7, 11) is 0. The molecule has 5 aromatic heterocycles. The molecular formula is C57H33N5S2. The van der Waals surface area contributed by atoms with Gasteiger partial charge in [0.15, 0.2) is 11.6 Å². The lowest BCUT2D eigenvalue weighted by Crippen LogP contribution is -2.06. The van der Waals surface area contributed by atoms with Crippen molar-refractivity contribution in [3.63, 3.8) is 0 Å². The van der Waals surface area contributed by atoms with Gasteiger partial charge in [-0.2, -0.15) is 9.97 Å². The van der Waals surface area contributed by atoms with Gasteiger partial charge in [0.25, 0.3) is 0 Å². The van der Waals surface area contributed by atoms with Gasteiger partial charge in [-0.1, -0.05) is 133 Å². The Morgan fingerprint density at radius 1 is 0.312 bits per heavy atom. The summed E-state index contributed by atoms with van der Waals surface area (Å²) in [5.74, 6) is 1.88. The van der Waals surface area contributed by atoms with Crippen LogP contribution in [0.1, 0.15) is 0 Å². The minimum absolute atomic E-state index is 0.594. The van der Waals surface area contributed by atoms with E-state index in [2.05, 4.69) is 209 Å². The van der Waals surface area contributed by atoms with E-state index in [-0.39, 0.29) is 0 Å². The molecule has 0 fully saturated rings. The lowest BCUT2D eigenvalue weighted by Gasteiger charge is -2.12. The highest BCUT2D eigenvalue weighted by atomic mass is 32.1. The number of aromatic nitrogens is 5. The lowest BCUT2D eigenvalue weighted by atomic mass is 10.00. The lowest BCUT2D eigenvalue weighted by molar-refractivity contribution is 0.954. The summed E-state index contributed by atoms with van der Waals surface area (Å²) in [5.41, 5.74) is 10.0. The molecule has 0 saturated heterocycles. The third-order valence-electron chi connectivity index (χ3n) is 12.8. The minimum Gasteiger partial charge on any atom is -0.309 e. The normalized spacial score (nSPS) is 12.1. The van der Waals surface area contributed by atoms with E-state index in [0.717, 1.165) is 44.0 Å². The molecule has 0 bridgehead atoms. The molecule has 0 atom stereocenters. The molecule has 0 aliphatic carbocycles. The Balaban J connectivity index is 0.955. The molecule has 5 heterocycles. The number of hydrogen-bond donors (Lipinski definition) is 0. The number of thiophene rings is 2. The zero-order valence-electron chi connectivity index (χ0n) is 34.1.